The van der Waals surface area contributed by atoms with E-state index in [1.807, 2.05) is 12.1 Å². The summed E-state index contributed by atoms with van der Waals surface area (Å²) in [5.74, 6) is 1.85. The van der Waals surface area contributed by atoms with Gasteiger partial charge < -0.3 is 19.7 Å². The topological polar surface area (TPSA) is 54.0 Å². The van der Waals surface area contributed by atoms with Gasteiger partial charge in [0, 0.05) is 30.4 Å². The van der Waals surface area contributed by atoms with Crippen molar-refractivity contribution in [2.75, 3.05) is 46.2 Å². The Morgan fingerprint density at radius 3 is 2.48 bits per heavy atom. The highest BCUT2D eigenvalue weighted by atomic mass is 19.1. The number of para-hydroxylation sites is 1. The number of halogens is 1. The fraction of sp³-hybridized carbons (Fsp3) is 0.500. The van der Waals surface area contributed by atoms with Gasteiger partial charge >= 0.3 is 0 Å². The first-order valence-electron chi connectivity index (χ1n) is 11.7. The molecule has 0 unspecified atom stereocenters. The highest BCUT2D eigenvalue weighted by molar-refractivity contribution is 5.92. The van der Waals surface area contributed by atoms with Crippen LogP contribution in [0, 0.1) is 17.7 Å². The maximum absolute atomic E-state index is 13.1. The van der Waals surface area contributed by atoms with Crippen molar-refractivity contribution >= 4 is 11.6 Å². The smallest absolute Gasteiger partial charge is 0.228 e. The molecule has 2 saturated heterocycles. The zero-order valence-electron chi connectivity index (χ0n) is 19.7. The Hall–Kier alpha value is -2.64. The largest absolute Gasteiger partial charge is 0.493 e. The molecule has 0 aliphatic carbocycles. The standard InChI is InChI=1S/C26H34FN3O3/c1-29-16-20(26(31)28-22-9-7-21(27)8-10-22)15-23(29)18-11-13-30(14-12-18)17-19-5-4-6-24(32-2)25(19)33-3/h4-10,18,20,23H,11-17H2,1-3H3,(H,28,31)/t20-,23+/m1/s1. The van der Waals surface area contributed by atoms with Crippen molar-refractivity contribution in [3.05, 3.63) is 53.8 Å². The summed E-state index contributed by atoms with van der Waals surface area (Å²) in [4.78, 5) is 17.6. The molecular weight excluding hydrogens is 421 g/mol. The molecule has 4 rings (SSSR count). The lowest BCUT2D eigenvalue weighted by Crippen LogP contribution is -2.41. The number of benzene rings is 2. The molecule has 178 valence electrons. The minimum atomic E-state index is -0.301. The number of methoxy groups -OCH3 is 2. The van der Waals surface area contributed by atoms with Crippen molar-refractivity contribution in [1.82, 2.24) is 9.80 Å². The van der Waals surface area contributed by atoms with E-state index in [1.165, 1.54) is 12.1 Å². The van der Waals surface area contributed by atoms with Crippen LogP contribution in [-0.2, 0) is 11.3 Å². The Bertz CT molecular complexity index is 944. The third-order valence-corrected chi connectivity index (χ3v) is 7.14. The predicted octanol–water partition coefficient (Wildman–Crippen LogP) is 4.01. The summed E-state index contributed by atoms with van der Waals surface area (Å²) >= 11 is 0. The minimum Gasteiger partial charge on any atom is -0.493 e. The highest BCUT2D eigenvalue weighted by Crippen LogP contribution is 2.35. The molecule has 1 N–H and O–H groups in total. The van der Waals surface area contributed by atoms with Crippen LogP contribution < -0.4 is 14.8 Å². The number of carbonyl (C=O) groups is 1. The van der Waals surface area contributed by atoms with E-state index in [1.54, 1.807) is 26.4 Å². The van der Waals surface area contributed by atoms with Crippen molar-refractivity contribution in [3.63, 3.8) is 0 Å². The van der Waals surface area contributed by atoms with Crippen LogP contribution in [0.5, 0.6) is 11.5 Å². The van der Waals surface area contributed by atoms with Crippen LogP contribution in [0.2, 0.25) is 0 Å². The van der Waals surface area contributed by atoms with E-state index in [2.05, 4.69) is 28.2 Å². The molecule has 2 aliphatic heterocycles. The number of carbonyl (C=O) groups excluding carboxylic acids is 1. The van der Waals surface area contributed by atoms with E-state index in [0.29, 0.717) is 17.6 Å². The van der Waals surface area contributed by atoms with E-state index in [0.717, 1.165) is 62.5 Å². The van der Waals surface area contributed by atoms with Crippen LogP contribution in [0.1, 0.15) is 24.8 Å². The molecule has 6 nitrogen and oxygen atoms in total. The fourth-order valence-electron chi connectivity index (χ4n) is 5.36. The average Bonchev–Trinajstić information content (AvgIpc) is 3.22. The van der Waals surface area contributed by atoms with E-state index >= 15 is 0 Å². The van der Waals surface area contributed by atoms with Crippen LogP contribution in [-0.4, -0.2) is 62.7 Å². The summed E-state index contributed by atoms with van der Waals surface area (Å²) in [5.41, 5.74) is 1.79. The van der Waals surface area contributed by atoms with E-state index in [9.17, 15) is 9.18 Å². The molecule has 7 heteroatoms. The monoisotopic (exact) mass is 455 g/mol. The number of hydrogen-bond acceptors (Lipinski definition) is 5. The van der Waals surface area contributed by atoms with Gasteiger partial charge in [0.05, 0.1) is 20.1 Å². The second-order valence-electron chi connectivity index (χ2n) is 9.20. The maximum Gasteiger partial charge on any atom is 0.228 e. The van der Waals surface area contributed by atoms with Gasteiger partial charge in [0.25, 0.3) is 0 Å². The van der Waals surface area contributed by atoms with Crippen molar-refractivity contribution in [2.45, 2.75) is 31.8 Å². The molecule has 2 aliphatic rings. The zero-order chi connectivity index (χ0) is 23.4. The SMILES string of the molecule is COc1cccc(CN2CCC([C@@H]3C[C@@H](C(=O)Nc4ccc(F)cc4)CN3C)CC2)c1OC. The van der Waals surface area contributed by atoms with Gasteiger partial charge in [-0.05, 0) is 75.6 Å². The van der Waals surface area contributed by atoms with Gasteiger partial charge in [0.1, 0.15) is 5.82 Å². The summed E-state index contributed by atoms with van der Waals surface area (Å²) in [5, 5.41) is 2.95. The van der Waals surface area contributed by atoms with Gasteiger partial charge in [-0.25, -0.2) is 4.39 Å². The molecule has 0 aromatic heterocycles. The van der Waals surface area contributed by atoms with Crippen molar-refractivity contribution in [3.8, 4) is 11.5 Å². The molecule has 0 bridgehead atoms. The third-order valence-electron chi connectivity index (χ3n) is 7.14. The van der Waals surface area contributed by atoms with E-state index in [-0.39, 0.29) is 17.6 Å². The molecule has 2 aromatic rings. The number of amides is 1. The molecule has 33 heavy (non-hydrogen) atoms. The number of nitrogens with one attached hydrogen (secondary N) is 1. The minimum absolute atomic E-state index is 0.0264. The number of rotatable bonds is 7. The maximum atomic E-state index is 13.1. The van der Waals surface area contributed by atoms with Gasteiger partial charge in [-0.2, -0.15) is 0 Å². The second kappa shape index (κ2) is 10.5. The molecule has 2 fully saturated rings. The first-order valence-corrected chi connectivity index (χ1v) is 11.7. The number of piperidine rings is 1. The second-order valence-corrected chi connectivity index (χ2v) is 9.20. The molecule has 0 spiro atoms. The summed E-state index contributed by atoms with van der Waals surface area (Å²) in [7, 11) is 5.48. The molecule has 2 atom stereocenters. The Labute approximate surface area is 195 Å². The van der Waals surface area contributed by atoms with Gasteiger partial charge in [-0.15, -0.1) is 0 Å². The van der Waals surface area contributed by atoms with Crippen LogP contribution in [0.3, 0.4) is 0 Å². The predicted molar refractivity (Wildman–Crippen MR) is 127 cm³/mol. The Morgan fingerprint density at radius 2 is 1.82 bits per heavy atom. The molecule has 2 aromatic carbocycles. The molecular formula is C26H34FN3O3. The normalized spacial score (nSPS) is 22.3. The van der Waals surface area contributed by atoms with Crippen LogP contribution in [0.4, 0.5) is 10.1 Å². The number of anilines is 1. The first-order chi connectivity index (χ1) is 16.0. The Morgan fingerprint density at radius 1 is 1.09 bits per heavy atom. The summed E-state index contributed by atoms with van der Waals surface area (Å²) in [6, 6.07) is 12.4. The summed E-state index contributed by atoms with van der Waals surface area (Å²) in [6.07, 6.45) is 3.11. The quantitative estimate of drug-likeness (QED) is 0.684. The van der Waals surface area contributed by atoms with Crippen molar-refractivity contribution in [2.24, 2.45) is 11.8 Å². The fourth-order valence-corrected chi connectivity index (χ4v) is 5.36. The van der Waals surface area contributed by atoms with E-state index < -0.39 is 0 Å². The van der Waals surface area contributed by atoms with Gasteiger partial charge in [-0.3, -0.25) is 9.69 Å². The molecule has 0 radical (unpaired) electrons. The summed E-state index contributed by atoms with van der Waals surface area (Å²) in [6.45, 7) is 3.67. The van der Waals surface area contributed by atoms with Crippen molar-refractivity contribution < 1.29 is 18.7 Å². The zero-order valence-corrected chi connectivity index (χ0v) is 19.7. The third kappa shape index (κ3) is 5.47. The Kier molecular flexibility index (Phi) is 7.50. The molecule has 0 saturated carbocycles. The van der Waals surface area contributed by atoms with Crippen LogP contribution >= 0.6 is 0 Å². The summed E-state index contributed by atoms with van der Waals surface area (Å²) < 4.78 is 24.1. The number of hydrogen-bond donors (Lipinski definition) is 1. The lowest BCUT2D eigenvalue weighted by Gasteiger charge is -2.37. The lowest BCUT2D eigenvalue weighted by atomic mass is 9.86. The lowest BCUT2D eigenvalue weighted by molar-refractivity contribution is -0.119. The Balaban J connectivity index is 1.30. The molecule has 2 heterocycles. The van der Waals surface area contributed by atoms with Crippen LogP contribution in [0.15, 0.2) is 42.5 Å². The number of nitrogens with zero attached hydrogens (tertiary/aromatic N) is 2. The molecule has 1 amide bonds. The average molecular weight is 456 g/mol. The first kappa shape index (κ1) is 23.5. The van der Waals surface area contributed by atoms with E-state index in [4.69, 9.17) is 9.47 Å². The van der Waals surface area contributed by atoms with Crippen LogP contribution in [0.25, 0.3) is 0 Å². The van der Waals surface area contributed by atoms with Gasteiger partial charge in [0.15, 0.2) is 11.5 Å². The van der Waals surface area contributed by atoms with Crippen molar-refractivity contribution in [1.29, 1.82) is 0 Å². The van der Waals surface area contributed by atoms with Gasteiger partial charge in [0.2, 0.25) is 5.91 Å². The number of ether oxygens (including phenoxy) is 2. The number of likely N-dealkylation sites (tertiary alicyclic amines) is 2. The van der Waals surface area contributed by atoms with Gasteiger partial charge in [-0.1, -0.05) is 12.1 Å². The highest BCUT2D eigenvalue weighted by Gasteiger charge is 2.39.